The van der Waals surface area contributed by atoms with Gasteiger partial charge in [0.2, 0.25) is 5.79 Å². The van der Waals surface area contributed by atoms with Gasteiger partial charge in [-0.1, -0.05) is 30.3 Å². The first-order valence-corrected chi connectivity index (χ1v) is 9.24. The Morgan fingerprint density at radius 3 is 2.48 bits per heavy atom. The van der Waals surface area contributed by atoms with Gasteiger partial charge in [0.15, 0.2) is 5.82 Å². The lowest BCUT2D eigenvalue weighted by atomic mass is 9.74. The van der Waals surface area contributed by atoms with Crippen molar-refractivity contribution in [3.8, 4) is 0 Å². The molecular weight excluding hydrogens is 350 g/mol. The molecular formula is C19H25N3O5. The summed E-state index contributed by atoms with van der Waals surface area (Å²) in [4.78, 5) is 23.7. The fourth-order valence-electron chi connectivity index (χ4n) is 3.97. The predicted octanol–water partition coefficient (Wildman–Crippen LogP) is 1.94. The van der Waals surface area contributed by atoms with Gasteiger partial charge in [-0.05, 0) is 19.4 Å². The van der Waals surface area contributed by atoms with E-state index in [0.29, 0.717) is 25.6 Å². The second-order valence-electron chi connectivity index (χ2n) is 6.64. The molecule has 2 aliphatic rings. The Bertz CT molecular complexity index is 728. The van der Waals surface area contributed by atoms with E-state index in [2.05, 4.69) is 10.6 Å². The van der Waals surface area contributed by atoms with Crippen LogP contribution in [0.3, 0.4) is 0 Å². The number of rotatable bonds is 8. The molecule has 1 aliphatic carbocycles. The number of nitrogens with one attached hydrogen (secondary N) is 2. The molecule has 3 rings (SSSR count). The van der Waals surface area contributed by atoms with E-state index in [1.54, 1.807) is 0 Å². The number of fused-ring (bicyclic) bond motifs is 2. The van der Waals surface area contributed by atoms with Crippen LogP contribution >= 0.6 is 0 Å². The number of nitrogens with zero attached hydrogens (tertiary/aromatic N) is 1. The summed E-state index contributed by atoms with van der Waals surface area (Å²) in [5, 5.41) is 18.2. The molecule has 2 unspecified atom stereocenters. The molecule has 0 radical (unpaired) electrons. The molecule has 0 amide bonds. The summed E-state index contributed by atoms with van der Waals surface area (Å²) in [6, 6.07) is 9.14. The van der Waals surface area contributed by atoms with Gasteiger partial charge in [0.05, 0.1) is 11.0 Å². The lowest BCUT2D eigenvalue weighted by Crippen LogP contribution is -2.67. The molecule has 2 N–H and O–H groups in total. The Morgan fingerprint density at radius 2 is 1.89 bits per heavy atom. The largest absolute Gasteiger partial charge is 0.362 e. The van der Waals surface area contributed by atoms with E-state index in [0.717, 1.165) is 5.56 Å². The highest BCUT2D eigenvalue weighted by molar-refractivity contribution is 5.81. The molecule has 8 heteroatoms. The SMILES string of the molecule is CCOC1(OCC)C2CC(=O)CC1C([N+](=O)[O-])=C(NCc1ccccc1)N2. The quantitative estimate of drug-likeness (QED) is 0.407. The van der Waals surface area contributed by atoms with Gasteiger partial charge in [0.1, 0.15) is 11.7 Å². The third kappa shape index (κ3) is 3.68. The minimum Gasteiger partial charge on any atom is -0.362 e. The first kappa shape index (κ1) is 19.3. The van der Waals surface area contributed by atoms with Crippen LogP contribution in [0.25, 0.3) is 0 Å². The molecule has 27 heavy (non-hydrogen) atoms. The molecule has 0 aromatic heterocycles. The molecule has 8 nitrogen and oxygen atoms in total. The first-order chi connectivity index (χ1) is 13.0. The van der Waals surface area contributed by atoms with E-state index in [9.17, 15) is 14.9 Å². The zero-order valence-electron chi connectivity index (χ0n) is 15.6. The van der Waals surface area contributed by atoms with Crippen LogP contribution in [-0.4, -0.2) is 35.7 Å². The molecule has 0 spiro atoms. The van der Waals surface area contributed by atoms with Gasteiger partial charge in [-0.3, -0.25) is 14.9 Å². The van der Waals surface area contributed by atoms with E-state index in [1.807, 2.05) is 44.2 Å². The third-order valence-corrected chi connectivity index (χ3v) is 4.99. The van der Waals surface area contributed by atoms with Crippen molar-refractivity contribution in [2.75, 3.05) is 13.2 Å². The van der Waals surface area contributed by atoms with Crippen molar-refractivity contribution < 1.29 is 19.2 Å². The summed E-state index contributed by atoms with van der Waals surface area (Å²) in [6.45, 7) is 4.74. The van der Waals surface area contributed by atoms with Crippen LogP contribution in [0.4, 0.5) is 0 Å². The van der Waals surface area contributed by atoms with Gasteiger partial charge in [0.25, 0.3) is 5.70 Å². The summed E-state index contributed by atoms with van der Waals surface area (Å²) in [6.07, 6.45) is 0.239. The van der Waals surface area contributed by atoms with Crippen LogP contribution in [0.2, 0.25) is 0 Å². The zero-order valence-corrected chi connectivity index (χ0v) is 15.6. The lowest BCUT2D eigenvalue weighted by molar-refractivity contribution is -0.452. The number of hydrogen-bond acceptors (Lipinski definition) is 7. The number of Topliss-reactive ketones (excluding diaryl/α,β-unsaturated/α-hetero) is 1. The number of benzene rings is 1. The predicted molar refractivity (Wildman–Crippen MR) is 97.9 cm³/mol. The topological polar surface area (TPSA) is 103 Å². The van der Waals surface area contributed by atoms with Crippen molar-refractivity contribution in [2.24, 2.45) is 5.92 Å². The number of ether oxygens (including phenoxy) is 2. The summed E-state index contributed by atoms with van der Waals surface area (Å²) in [5.74, 6) is -1.67. The molecule has 1 fully saturated rings. The average molecular weight is 375 g/mol. The normalized spacial score (nSPS) is 23.7. The van der Waals surface area contributed by atoms with E-state index >= 15 is 0 Å². The van der Waals surface area contributed by atoms with Gasteiger partial charge in [-0.25, -0.2) is 0 Å². The fraction of sp³-hybridized carbons (Fsp3) is 0.526. The average Bonchev–Trinajstić information content (AvgIpc) is 2.62. The number of ketones is 1. The maximum absolute atomic E-state index is 12.2. The maximum atomic E-state index is 12.2. The van der Waals surface area contributed by atoms with E-state index in [4.69, 9.17) is 9.47 Å². The Balaban J connectivity index is 1.98. The van der Waals surface area contributed by atoms with Crippen LogP contribution in [-0.2, 0) is 20.8 Å². The molecule has 1 aromatic carbocycles. The number of nitro groups is 1. The smallest absolute Gasteiger partial charge is 0.294 e. The highest BCUT2D eigenvalue weighted by Crippen LogP contribution is 2.44. The third-order valence-electron chi connectivity index (χ3n) is 4.99. The van der Waals surface area contributed by atoms with Crippen molar-refractivity contribution >= 4 is 5.78 Å². The standard InChI is InChI=1S/C19H25N3O5/c1-3-26-19(27-4-2)15-10-14(23)11-16(19)21-18(17(15)22(24)25)20-12-13-8-6-5-7-9-13/h5-9,15-16,20-21H,3-4,10-12H2,1-2H3. The van der Waals surface area contributed by atoms with Crippen LogP contribution in [0.5, 0.6) is 0 Å². The highest BCUT2D eigenvalue weighted by atomic mass is 16.7. The summed E-state index contributed by atoms with van der Waals surface area (Å²) in [5.41, 5.74) is 0.916. The zero-order chi connectivity index (χ0) is 19.4. The van der Waals surface area contributed by atoms with Crippen molar-refractivity contribution in [1.82, 2.24) is 10.6 Å². The number of carbonyl (C=O) groups excluding carboxylic acids is 1. The Hall–Kier alpha value is -2.45. The van der Waals surface area contributed by atoms with Gasteiger partial charge in [0, 0.05) is 32.6 Å². The van der Waals surface area contributed by atoms with Gasteiger partial charge < -0.3 is 20.1 Å². The molecule has 146 valence electrons. The van der Waals surface area contributed by atoms with E-state index in [1.165, 1.54) is 0 Å². The van der Waals surface area contributed by atoms with Gasteiger partial charge >= 0.3 is 0 Å². The van der Waals surface area contributed by atoms with Crippen molar-refractivity contribution in [2.45, 2.75) is 45.1 Å². The highest BCUT2D eigenvalue weighted by Gasteiger charge is 2.61. The summed E-state index contributed by atoms with van der Waals surface area (Å²) in [7, 11) is 0. The molecule has 1 aliphatic heterocycles. The first-order valence-electron chi connectivity index (χ1n) is 9.24. The Labute approximate surface area is 158 Å². The van der Waals surface area contributed by atoms with Crippen molar-refractivity contribution in [3.63, 3.8) is 0 Å². The Kier molecular flexibility index (Phi) is 5.76. The minimum absolute atomic E-state index is 0.0327. The van der Waals surface area contributed by atoms with Gasteiger partial charge in [-0.15, -0.1) is 0 Å². The molecule has 2 bridgehead atoms. The van der Waals surface area contributed by atoms with Crippen LogP contribution in [0.15, 0.2) is 41.8 Å². The van der Waals surface area contributed by atoms with Crippen molar-refractivity contribution in [1.29, 1.82) is 0 Å². The molecule has 1 saturated carbocycles. The number of carbonyl (C=O) groups is 1. The van der Waals surface area contributed by atoms with Crippen LogP contribution < -0.4 is 10.6 Å². The lowest BCUT2D eigenvalue weighted by Gasteiger charge is -2.49. The van der Waals surface area contributed by atoms with E-state index < -0.39 is 22.7 Å². The van der Waals surface area contributed by atoms with Gasteiger partial charge in [-0.2, -0.15) is 0 Å². The monoisotopic (exact) mass is 375 g/mol. The second-order valence-corrected chi connectivity index (χ2v) is 6.64. The summed E-state index contributed by atoms with van der Waals surface area (Å²) >= 11 is 0. The summed E-state index contributed by atoms with van der Waals surface area (Å²) < 4.78 is 11.8. The Morgan fingerprint density at radius 1 is 1.22 bits per heavy atom. The molecule has 1 heterocycles. The molecule has 2 atom stereocenters. The van der Waals surface area contributed by atoms with Crippen LogP contribution in [0, 0.1) is 16.0 Å². The molecule has 0 saturated heterocycles. The second kappa shape index (κ2) is 8.06. The molecule has 1 aromatic rings. The maximum Gasteiger partial charge on any atom is 0.294 e. The fourth-order valence-corrected chi connectivity index (χ4v) is 3.97. The minimum atomic E-state index is -1.21. The van der Waals surface area contributed by atoms with E-state index in [-0.39, 0.29) is 24.3 Å². The number of hydrogen-bond donors (Lipinski definition) is 2. The van der Waals surface area contributed by atoms with Crippen molar-refractivity contribution in [3.05, 3.63) is 57.5 Å². The van der Waals surface area contributed by atoms with Crippen LogP contribution in [0.1, 0.15) is 32.3 Å².